The van der Waals surface area contributed by atoms with Gasteiger partial charge >= 0.3 is 6.09 Å². The minimum Gasteiger partial charge on any atom is -0.439 e. The van der Waals surface area contributed by atoms with Gasteiger partial charge in [-0.15, -0.1) is 11.8 Å². The Morgan fingerprint density at radius 2 is 2.00 bits per heavy atom. The molecule has 1 aromatic carbocycles. The minimum atomic E-state index is -0.240. The number of rotatable bonds is 1. The van der Waals surface area contributed by atoms with Crippen molar-refractivity contribution >= 4 is 17.9 Å². The molecule has 5 heterocycles. The highest BCUT2D eigenvalue weighted by molar-refractivity contribution is 7.99. The quantitative estimate of drug-likeness (QED) is 0.797. The number of thioether (sulfide) groups is 1. The van der Waals surface area contributed by atoms with E-state index in [9.17, 15) is 4.79 Å². The zero-order valence-corrected chi connectivity index (χ0v) is 13.3. The van der Waals surface area contributed by atoms with E-state index in [0.717, 1.165) is 18.8 Å². The Morgan fingerprint density at radius 1 is 1.18 bits per heavy atom. The summed E-state index contributed by atoms with van der Waals surface area (Å²) in [7, 11) is 0. The predicted molar refractivity (Wildman–Crippen MR) is 85.0 cm³/mol. The summed E-state index contributed by atoms with van der Waals surface area (Å²) in [4.78, 5) is 18.4. The van der Waals surface area contributed by atoms with Gasteiger partial charge in [0.1, 0.15) is 5.60 Å². The molecule has 0 N–H and O–H groups in total. The fraction of sp³-hybridized carbons (Fsp3) is 0.588. The van der Waals surface area contributed by atoms with Crippen molar-refractivity contribution in [2.24, 2.45) is 5.92 Å². The van der Waals surface area contributed by atoms with Gasteiger partial charge in [0.05, 0.1) is 12.6 Å². The van der Waals surface area contributed by atoms with Gasteiger partial charge in [0, 0.05) is 23.1 Å². The molecule has 2 atom stereocenters. The van der Waals surface area contributed by atoms with Crippen molar-refractivity contribution in [3.63, 3.8) is 0 Å². The Morgan fingerprint density at radius 3 is 2.77 bits per heavy atom. The molecule has 5 aliphatic heterocycles. The molecule has 2 bridgehead atoms. The molecular weight excluding hydrogens is 296 g/mol. The maximum absolute atomic E-state index is 12.6. The van der Waals surface area contributed by atoms with Crippen LogP contribution in [-0.4, -0.2) is 53.4 Å². The highest BCUT2D eigenvalue weighted by Crippen LogP contribution is 2.47. The number of ether oxygens (including phenoxy) is 1. The number of amides is 1. The zero-order valence-electron chi connectivity index (χ0n) is 12.5. The lowest BCUT2D eigenvalue weighted by molar-refractivity contribution is -0.0894. The van der Waals surface area contributed by atoms with E-state index in [1.807, 2.05) is 16.7 Å². The van der Waals surface area contributed by atoms with Crippen molar-refractivity contribution in [2.45, 2.75) is 29.4 Å². The first-order chi connectivity index (χ1) is 10.8. The summed E-state index contributed by atoms with van der Waals surface area (Å²) in [6.07, 6.45) is 2.25. The second-order valence-electron chi connectivity index (χ2n) is 6.98. The summed E-state index contributed by atoms with van der Waals surface area (Å²) in [5.74, 6) is 1.51. The summed E-state index contributed by atoms with van der Waals surface area (Å²) in [5, 5.41) is 0. The first-order valence-corrected chi connectivity index (χ1v) is 9.17. The molecule has 6 rings (SSSR count). The molecule has 1 amide bonds. The van der Waals surface area contributed by atoms with E-state index in [4.69, 9.17) is 4.74 Å². The van der Waals surface area contributed by atoms with Crippen LogP contribution in [0.4, 0.5) is 4.79 Å². The minimum absolute atomic E-state index is 0.101. The number of hydrogen-bond acceptors (Lipinski definition) is 4. The Balaban J connectivity index is 1.45. The van der Waals surface area contributed by atoms with Gasteiger partial charge < -0.3 is 4.74 Å². The molecule has 1 spiro atoms. The van der Waals surface area contributed by atoms with Crippen LogP contribution in [0.5, 0.6) is 0 Å². The number of fused-ring (bicyclic) bond motifs is 3. The predicted octanol–water partition coefficient (Wildman–Crippen LogP) is 2.75. The van der Waals surface area contributed by atoms with Crippen molar-refractivity contribution in [1.82, 2.24) is 9.80 Å². The lowest BCUT2D eigenvalue weighted by Gasteiger charge is -2.49. The van der Waals surface area contributed by atoms with Gasteiger partial charge in [-0.1, -0.05) is 18.2 Å². The van der Waals surface area contributed by atoms with Gasteiger partial charge in [-0.25, -0.2) is 4.79 Å². The molecule has 4 fully saturated rings. The Labute approximate surface area is 134 Å². The Bertz CT molecular complexity index is 629. The van der Waals surface area contributed by atoms with Gasteiger partial charge in [0.15, 0.2) is 0 Å². The number of carbonyl (C=O) groups is 1. The number of piperidine rings is 3. The van der Waals surface area contributed by atoms with E-state index in [2.05, 4.69) is 29.2 Å². The van der Waals surface area contributed by atoms with Crippen LogP contribution in [0.25, 0.3) is 0 Å². The summed E-state index contributed by atoms with van der Waals surface area (Å²) in [5.41, 5.74) is 1.05. The number of benzene rings is 1. The average molecular weight is 316 g/mol. The van der Waals surface area contributed by atoms with E-state index in [1.165, 1.54) is 36.4 Å². The van der Waals surface area contributed by atoms with Crippen molar-refractivity contribution < 1.29 is 9.53 Å². The fourth-order valence-corrected chi connectivity index (χ4v) is 5.92. The maximum atomic E-state index is 12.6. The largest absolute Gasteiger partial charge is 0.439 e. The van der Waals surface area contributed by atoms with E-state index in [0.29, 0.717) is 5.92 Å². The van der Waals surface area contributed by atoms with Crippen molar-refractivity contribution in [1.29, 1.82) is 0 Å². The zero-order chi connectivity index (χ0) is 14.7. The average Bonchev–Trinajstić information content (AvgIpc) is 3.10. The first-order valence-electron chi connectivity index (χ1n) is 8.19. The summed E-state index contributed by atoms with van der Waals surface area (Å²) in [6.45, 7) is 4.05. The maximum Gasteiger partial charge on any atom is 0.411 e. The van der Waals surface area contributed by atoms with Crippen LogP contribution >= 0.6 is 11.8 Å². The molecule has 0 aromatic heterocycles. The number of nitrogens with zero attached hydrogens (tertiary/aromatic N) is 2. The summed E-state index contributed by atoms with van der Waals surface area (Å²) >= 11 is 1.86. The molecule has 1 unspecified atom stereocenters. The highest BCUT2D eigenvalue weighted by atomic mass is 32.2. The molecule has 0 aliphatic carbocycles. The van der Waals surface area contributed by atoms with E-state index in [-0.39, 0.29) is 17.7 Å². The molecule has 4 saturated heterocycles. The molecule has 4 nitrogen and oxygen atoms in total. The van der Waals surface area contributed by atoms with Crippen LogP contribution in [0, 0.1) is 5.92 Å². The van der Waals surface area contributed by atoms with E-state index in [1.54, 1.807) is 0 Å². The second-order valence-corrected chi connectivity index (χ2v) is 8.04. The molecule has 5 aliphatic rings. The third kappa shape index (κ3) is 1.78. The lowest BCUT2D eigenvalue weighted by Crippen LogP contribution is -2.61. The van der Waals surface area contributed by atoms with Gasteiger partial charge in [-0.05, 0) is 37.6 Å². The topological polar surface area (TPSA) is 32.8 Å². The van der Waals surface area contributed by atoms with Crippen LogP contribution in [0.15, 0.2) is 29.2 Å². The van der Waals surface area contributed by atoms with Gasteiger partial charge in [0.2, 0.25) is 0 Å². The molecule has 0 saturated carbocycles. The van der Waals surface area contributed by atoms with Crippen molar-refractivity contribution in [3.8, 4) is 0 Å². The van der Waals surface area contributed by atoms with Crippen molar-refractivity contribution in [2.75, 3.05) is 31.9 Å². The van der Waals surface area contributed by atoms with Crippen molar-refractivity contribution in [3.05, 3.63) is 29.8 Å². The summed E-state index contributed by atoms with van der Waals surface area (Å²) < 4.78 is 6.00. The molecular formula is C17H20N2O2S. The Kier molecular flexibility index (Phi) is 2.80. The van der Waals surface area contributed by atoms with E-state index >= 15 is 0 Å². The molecule has 5 heteroatoms. The smallest absolute Gasteiger partial charge is 0.411 e. The second kappa shape index (κ2) is 4.65. The van der Waals surface area contributed by atoms with Crippen LogP contribution < -0.4 is 0 Å². The van der Waals surface area contributed by atoms with Crippen LogP contribution in [-0.2, 0) is 4.74 Å². The Hall–Kier alpha value is -1.20. The third-order valence-corrected chi connectivity index (χ3v) is 7.00. The van der Waals surface area contributed by atoms with Gasteiger partial charge in [-0.3, -0.25) is 9.80 Å². The molecule has 22 heavy (non-hydrogen) atoms. The van der Waals surface area contributed by atoms with Gasteiger partial charge in [-0.2, -0.15) is 0 Å². The lowest BCUT2D eigenvalue weighted by atomic mass is 9.75. The van der Waals surface area contributed by atoms with Crippen LogP contribution in [0.1, 0.15) is 24.4 Å². The monoisotopic (exact) mass is 316 g/mol. The first kappa shape index (κ1) is 13.3. The highest BCUT2D eigenvalue weighted by Gasteiger charge is 2.56. The number of carbonyl (C=O) groups excluding carboxylic acids is 1. The fourth-order valence-electron chi connectivity index (χ4n) is 4.68. The SMILES string of the molecule is O=C1O[C@]2(CN3CCC2CC3)CN1C1CSc2ccccc21. The molecule has 116 valence electrons. The molecule has 1 aromatic rings. The van der Waals surface area contributed by atoms with E-state index < -0.39 is 0 Å². The summed E-state index contributed by atoms with van der Waals surface area (Å²) in [6, 6.07) is 8.65. The standard InChI is InChI=1S/C17H20N2O2S/c20-16-19(14-9-22-15-4-2-1-3-13(14)15)11-17(21-16)10-18-7-5-12(17)6-8-18/h1-4,12,14H,5-11H2/t14?,17-/m1/s1. The van der Waals surface area contributed by atoms with Crippen LogP contribution in [0.2, 0.25) is 0 Å². The normalized spacial score (nSPS) is 39.4. The molecule has 0 radical (unpaired) electrons. The van der Waals surface area contributed by atoms with Crippen LogP contribution in [0.3, 0.4) is 0 Å². The number of hydrogen-bond donors (Lipinski definition) is 0. The van der Waals surface area contributed by atoms with Gasteiger partial charge in [0.25, 0.3) is 0 Å². The third-order valence-electron chi connectivity index (χ3n) is 5.84.